The Kier molecular flexibility index (Phi) is 3.94. The van der Waals surface area contributed by atoms with E-state index in [2.05, 4.69) is 6.58 Å². The minimum atomic E-state index is -0.338. The van der Waals surface area contributed by atoms with Crippen LogP contribution in [-0.2, 0) is 20.7 Å². The Morgan fingerprint density at radius 1 is 1.47 bits per heavy atom. The minimum absolute atomic E-state index is 0.233. The number of rotatable bonds is 4. The molecule has 1 saturated heterocycles. The van der Waals surface area contributed by atoms with Crippen molar-refractivity contribution in [3.8, 4) is 0 Å². The SMILES string of the molecule is C=Cc1ccc(CC(=O)OC2CCCO2)cc1. The van der Waals surface area contributed by atoms with Crippen LogP contribution in [0, 0.1) is 0 Å². The van der Waals surface area contributed by atoms with E-state index in [1.54, 1.807) is 6.08 Å². The van der Waals surface area contributed by atoms with E-state index in [4.69, 9.17) is 9.47 Å². The second kappa shape index (κ2) is 5.64. The van der Waals surface area contributed by atoms with Gasteiger partial charge in [0.1, 0.15) is 0 Å². The number of benzene rings is 1. The Balaban J connectivity index is 1.86. The lowest BCUT2D eigenvalue weighted by Gasteiger charge is -2.10. The summed E-state index contributed by atoms with van der Waals surface area (Å²) in [7, 11) is 0. The first-order valence-electron chi connectivity index (χ1n) is 5.80. The molecule has 3 nitrogen and oxygen atoms in total. The van der Waals surface area contributed by atoms with E-state index >= 15 is 0 Å². The molecule has 1 unspecified atom stereocenters. The van der Waals surface area contributed by atoms with Crippen molar-refractivity contribution in [3.05, 3.63) is 42.0 Å². The number of carbonyl (C=O) groups excluding carboxylic acids is 1. The van der Waals surface area contributed by atoms with E-state index in [1.165, 1.54) is 0 Å². The van der Waals surface area contributed by atoms with Gasteiger partial charge in [-0.1, -0.05) is 36.9 Å². The molecule has 1 aromatic carbocycles. The zero-order valence-corrected chi connectivity index (χ0v) is 9.72. The van der Waals surface area contributed by atoms with Gasteiger partial charge in [-0.05, 0) is 17.5 Å². The summed E-state index contributed by atoms with van der Waals surface area (Å²) in [6.45, 7) is 4.37. The average Bonchev–Trinajstić information content (AvgIpc) is 2.82. The zero-order chi connectivity index (χ0) is 12.1. The third-order valence-electron chi connectivity index (χ3n) is 2.71. The van der Waals surface area contributed by atoms with Crippen LogP contribution in [0.1, 0.15) is 24.0 Å². The van der Waals surface area contributed by atoms with Gasteiger partial charge in [0.15, 0.2) is 0 Å². The van der Waals surface area contributed by atoms with Crippen molar-refractivity contribution in [2.45, 2.75) is 25.6 Å². The maximum Gasteiger partial charge on any atom is 0.312 e. The van der Waals surface area contributed by atoms with Crippen LogP contribution < -0.4 is 0 Å². The first kappa shape index (κ1) is 11.9. The fraction of sp³-hybridized carbons (Fsp3) is 0.357. The Morgan fingerprint density at radius 3 is 2.82 bits per heavy atom. The third-order valence-corrected chi connectivity index (χ3v) is 2.71. The molecule has 1 fully saturated rings. The fourth-order valence-corrected chi connectivity index (χ4v) is 1.77. The highest BCUT2D eigenvalue weighted by atomic mass is 16.7. The molecule has 0 radical (unpaired) electrons. The Hall–Kier alpha value is -1.61. The van der Waals surface area contributed by atoms with E-state index in [-0.39, 0.29) is 18.7 Å². The molecule has 0 aromatic heterocycles. The van der Waals surface area contributed by atoms with Crippen molar-refractivity contribution in [2.24, 2.45) is 0 Å². The first-order valence-corrected chi connectivity index (χ1v) is 5.80. The van der Waals surface area contributed by atoms with Crippen LogP contribution in [-0.4, -0.2) is 18.9 Å². The van der Waals surface area contributed by atoms with Crippen molar-refractivity contribution in [2.75, 3.05) is 6.61 Å². The van der Waals surface area contributed by atoms with Crippen molar-refractivity contribution in [1.82, 2.24) is 0 Å². The van der Waals surface area contributed by atoms with Gasteiger partial charge >= 0.3 is 5.97 Å². The van der Waals surface area contributed by atoms with Crippen LogP contribution in [0.3, 0.4) is 0 Å². The van der Waals surface area contributed by atoms with Gasteiger partial charge in [-0.2, -0.15) is 0 Å². The molecule has 0 amide bonds. The summed E-state index contributed by atoms with van der Waals surface area (Å²) in [5.74, 6) is -0.233. The molecule has 0 spiro atoms. The molecular weight excluding hydrogens is 216 g/mol. The topological polar surface area (TPSA) is 35.5 Å². The summed E-state index contributed by atoms with van der Waals surface area (Å²) in [6, 6.07) is 7.69. The van der Waals surface area contributed by atoms with Crippen LogP contribution in [0.15, 0.2) is 30.8 Å². The lowest BCUT2D eigenvalue weighted by atomic mass is 10.1. The van der Waals surface area contributed by atoms with Crippen molar-refractivity contribution in [3.63, 3.8) is 0 Å². The molecule has 3 heteroatoms. The second-order valence-corrected chi connectivity index (χ2v) is 4.05. The molecule has 0 N–H and O–H groups in total. The van der Waals surface area contributed by atoms with Gasteiger partial charge < -0.3 is 9.47 Å². The lowest BCUT2D eigenvalue weighted by molar-refractivity contribution is -0.168. The number of hydrogen-bond acceptors (Lipinski definition) is 3. The zero-order valence-electron chi connectivity index (χ0n) is 9.72. The molecule has 0 aliphatic carbocycles. The predicted octanol–water partition coefficient (Wildman–Crippen LogP) is 2.55. The molecule has 1 aliphatic rings. The summed E-state index contributed by atoms with van der Waals surface area (Å²) in [5.41, 5.74) is 1.99. The molecule has 0 bridgehead atoms. The molecule has 1 aliphatic heterocycles. The number of carbonyl (C=O) groups is 1. The second-order valence-electron chi connectivity index (χ2n) is 4.05. The highest BCUT2D eigenvalue weighted by Gasteiger charge is 2.19. The maximum absolute atomic E-state index is 11.6. The Bertz CT molecular complexity index is 388. The van der Waals surface area contributed by atoms with E-state index < -0.39 is 0 Å². The lowest BCUT2D eigenvalue weighted by Crippen LogP contribution is -2.18. The van der Waals surface area contributed by atoms with Crippen molar-refractivity contribution < 1.29 is 14.3 Å². The van der Waals surface area contributed by atoms with Crippen LogP contribution >= 0.6 is 0 Å². The van der Waals surface area contributed by atoms with E-state index in [1.807, 2.05) is 24.3 Å². The highest BCUT2D eigenvalue weighted by molar-refractivity contribution is 5.72. The quantitative estimate of drug-likeness (QED) is 0.748. The fourth-order valence-electron chi connectivity index (χ4n) is 1.77. The summed E-state index contributed by atoms with van der Waals surface area (Å²) in [6.07, 6.45) is 3.49. The largest absolute Gasteiger partial charge is 0.435 e. The van der Waals surface area contributed by atoms with Crippen LogP contribution in [0.2, 0.25) is 0 Å². The van der Waals surface area contributed by atoms with E-state index in [0.717, 1.165) is 24.0 Å². The van der Waals surface area contributed by atoms with E-state index in [9.17, 15) is 4.79 Å². The highest BCUT2D eigenvalue weighted by Crippen LogP contribution is 2.14. The minimum Gasteiger partial charge on any atom is -0.435 e. The molecular formula is C14H16O3. The molecule has 0 saturated carbocycles. The molecule has 90 valence electrons. The monoisotopic (exact) mass is 232 g/mol. The van der Waals surface area contributed by atoms with Gasteiger partial charge in [0.25, 0.3) is 0 Å². The first-order chi connectivity index (χ1) is 8.28. The molecule has 17 heavy (non-hydrogen) atoms. The predicted molar refractivity (Wildman–Crippen MR) is 65.3 cm³/mol. The number of esters is 1. The summed E-state index contributed by atoms with van der Waals surface area (Å²) in [5, 5.41) is 0. The van der Waals surface area contributed by atoms with Gasteiger partial charge in [-0.25, -0.2) is 0 Å². The number of ether oxygens (including phenoxy) is 2. The average molecular weight is 232 g/mol. The van der Waals surface area contributed by atoms with Crippen LogP contribution in [0.4, 0.5) is 0 Å². The summed E-state index contributed by atoms with van der Waals surface area (Å²) >= 11 is 0. The van der Waals surface area contributed by atoms with Gasteiger partial charge in [0.2, 0.25) is 6.29 Å². The molecule has 1 aromatic rings. The summed E-state index contributed by atoms with van der Waals surface area (Å²) in [4.78, 5) is 11.6. The molecule has 2 rings (SSSR count). The van der Waals surface area contributed by atoms with Gasteiger partial charge in [0.05, 0.1) is 13.0 Å². The Morgan fingerprint density at radius 2 is 2.24 bits per heavy atom. The van der Waals surface area contributed by atoms with Crippen LogP contribution in [0.5, 0.6) is 0 Å². The van der Waals surface area contributed by atoms with Gasteiger partial charge in [-0.15, -0.1) is 0 Å². The van der Waals surface area contributed by atoms with Gasteiger partial charge in [-0.3, -0.25) is 4.79 Å². The summed E-state index contributed by atoms with van der Waals surface area (Å²) < 4.78 is 10.4. The Labute approximate surface area is 101 Å². The molecule has 1 atom stereocenters. The van der Waals surface area contributed by atoms with Crippen molar-refractivity contribution >= 4 is 12.0 Å². The van der Waals surface area contributed by atoms with E-state index in [0.29, 0.717) is 6.61 Å². The normalized spacial score (nSPS) is 18.9. The number of hydrogen-bond donors (Lipinski definition) is 0. The smallest absolute Gasteiger partial charge is 0.312 e. The van der Waals surface area contributed by atoms with Crippen LogP contribution in [0.25, 0.3) is 6.08 Å². The third kappa shape index (κ3) is 3.43. The van der Waals surface area contributed by atoms with Crippen molar-refractivity contribution in [1.29, 1.82) is 0 Å². The van der Waals surface area contributed by atoms with Gasteiger partial charge in [0, 0.05) is 6.42 Å². The maximum atomic E-state index is 11.6. The standard InChI is InChI=1S/C14H16O3/c1-2-11-5-7-12(8-6-11)10-13(15)17-14-4-3-9-16-14/h2,5-8,14H,1,3-4,9-10H2. The molecule has 1 heterocycles.